The maximum atomic E-state index is 4.08. The van der Waals surface area contributed by atoms with E-state index in [2.05, 4.69) is 10.9 Å². The SMILES string of the molecule is C1CCCN[N]CC1. The second-order valence-corrected chi connectivity index (χ2v) is 2.20. The molecule has 1 aliphatic rings. The molecular weight excluding hydrogens is 100 g/mol. The van der Waals surface area contributed by atoms with Crippen LogP contribution in [-0.4, -0.2) is 13.1 Å². The van der Waals surface area contributed by atoms with E-state index in [-0.39, 0.29) is 0 Å². The van der Waals surface area contributed by atoms with Crippen LogP contribution in [0, 0.1) is 0 Å². The molecule has 2 nitrogen and oxygen atoms in total. The summed E-state index contributed by atoms with van der Waals surface area (Å²) in [4.78, 5) is 0. The molecule has 1 radical (unpaired) electrons. The molecule has 1 aliphatic heterocycles. The highest BCUT2D eigenvalue weighted by molar-refractivity contribution is 4.51. The second-order valence-electron chi connectivity index (χ2n) is 2.20. The Morgan fingerprint density at radius 3 is 2.88 bits per heavy atom. The predicted octanol–water partition coefficient (Wildman–Crippen LogP) is 0.669. The van der Waals surface area contributed by atoms with Crippen LogP contribution in [0.3, 0.4) is 0 Å². The van der Waals surface area contributed by atoms with Gasteiger partial charge in [0.05, 0.1) is 0 Å². The van der Waals surface area contributed by atoms with Gasteiger partial charge in [0.25, 0.3) is 0 Å². The molecule has 47 valence electrons. The highest BCUT2D eigenvalue weighted by Crippen LogP contribution is 1.99. The van der Waals surface area contributed by atoms with Crippen molar-refractivity contribution in [3.63, 3.8) is 0 Å². The van der Waals surface area contributed by atoms with Crippen molar-refractivity contribution in [1.29, 1.82) is 0 Å². The summed E-state index contributed by atoms with van der Waals surface area (Å²) in [5.41, 5.74) is 7.09. The zero-order valence-corrected chi connectivity index (χ0v) is 5.19. The molecule has 0 bridgehead atoms. The van der Waals surface area contributed by atoms with E-state index >= 15 is 0 Å². The van der Waals surface area contributed by atoms with Crippen LogP contribution in [0.4, 0.5) is 0 Å². The van der Waals surface area contributed by atoms with Gasteiger partial charge in [-0.15, -0.1) is 0 Å². The lowest BCUT2D eigenvalue weighted by atomic mass is 10.2. The van der Waals surface area contributed by atoms with Crippen molar-refractivity contribution in [2.24, 2.45) is 0 Å². The van der Waals surface area contributed by atoms with Crippen molar-refractivity contribution in [3.05, 3.63) is 0 Å². The molecular formula is C6H13N2. The maximum Gasteiger partial charge on any atom is 0.0304 e. The largest absolute Gasteiger partial charge is 0.240 e. The number of nitrogens with zero attached hydrogens (tertiary/aromatic N) is 1. The molecule has 1 saturated heterocycles. The van der Waals surface area contributed by atoms with Crippen molar-refractivity contribution >= 4 is 0 Å². The van der Waals surface area contributed by atoms with E-state index in [0.29, 0.717) is 0 Å². The minimum Gasteiger partial charge on any atom is -0.240 e. The zero-order chi connectivity index (χ0) is 5.66. The van der Waals surface area contributed by atoms with Gasteiger partial charge in [-0.25, -0.2) is 5.43 Å². The first-order valence-electron chi connectivity index (χ1n) is 3.39. The van der Waals surface area contributed by atoms with Gasteiger partial charge in [-0.05, 0) is 12.8 Å². The molecule has 0 aromatic heterocycles. The molecule has 1 fully saturated rings. The molecule has 0 amide bonds. The highest BCUT2D eigenvalue weighted by atomic mass is 15.3. The molecule has 0 atom stereocenters. The molecule has 1 heterocycles. The first-order chi connectivity index (χ1) is 4.00. The first kappa shape index (κ1) is 6.05. The standard InChI is InChI=1S/C6H13N2/c1-2-4-6-8-7-5-3-1/h7H,1-6H2. The number of hydrogen-bond acceptors (Lipinski definition) is 1. The lowest BCUT2D eigenvalue weighted by molar-refractivity contribution is 0.445. The van der Waals surface area contributed by atoms with E-state index in [9.17, 15) is 0 Å². The van der Waals surface area contributed by atoms with Crippen LogP contribution in [0.2, 0.25) is 0 Å². The van der Waals surface area contributed by atoms with E-state index < -0.39 is 0 Å². The van der Waals surface area contributed by atoms with Crippen LogP contribution in [0.5, 0.6) is 0 Å². The maximum absolute atomic E-state index is 4.08. The Labute approximate surface area is 50.6 Å². The van der Waals surface area contributed by atoms with Gasteiger partial charge >= 0.3 is 0 Å². The number of nitrogens with one attached hydrogen (secondary N) is 1. The van der Waals surface area contributed by atoms with Gasteiger partial charge in [0.15, 0.2) is 0 Å². The van der Waals surface area contributed by atoms with Gasteiger partial charge in [-0.1, -0.05) is 12.8 Å². The fourth-order valence-corrected chi connectivity index (χ4v) is 0.907. The molecule has 0 aliphatic carbocycles. The Morgan fingerprint density at radius 2 is 1.88 bits per heavy atom. The molecule has 0 aromatic rings. The van der Waals surface area contributed by atoms with E-state index in [1.165, 1.54) is 25.7 Å². The van der Waals surface area contributed by atoms with E-state index in [0.717, 1.165) is 13.1 Å². The summed E-state index contributed by atoms with van der Waals surface area (Å²) in [6.07, 6.45) is 5.31. The normalized spacial score (nSPS) is 24.0. The zero-order valence-electron chi connectivity index (χ0n) is 5.19. The minimum atomic E-state index is 1.01. The molecule has 1 N–H and O–H groups in total. The van der Waals surface area contributed by atoms with Crippen LogP contribution in [0.1, 0.15) is 25.7 Å². The van der Waals surface area contributed by atoms with Crippen LogP contribution in [-0.2, 0) is 0 Å². The highest BCUT2D eigenvalue weighted by Gasteiger charge is 1.94. The molecule has 0 aromatic carbocycles. The Hall–Kier alpha value is -0.0800. The summed E-state index contributed by atoms with van der Waals surface area (Å²) in [6, 6.07) is 0. The van der Waals surface area contributed by atoms with E-state index in [1.54, 1.807) is 0 Å². The summed E-state index contributed by atoms with van der Waals surface area (Å²) in [5.74, 6) is 0. The second kappa shape index (κ2) is 3.87. The summed E-state index contributed by atoms with van der Waals surface area (Å²) >= 11 is 0. The monoisotopic (exact) mass is 113 g/mol. The Bertz CT molecular complexity index is 30.5. The smallest absolute Gasteiger partial charge is 0.0304 e. The molecule has 1 rings (SSSR count). The van der Waals surface area contributed by atoms with Crippen molar-refractivity contribution in [3.8, 4) is 0 Å². The molecule has 0 saturated carbocycles. The summed E-state index contributed by atoms with van der Waals surface area (Å²) in [7, 11) is 0. The summed E-state index contributed by atoms with van der Waals surface area (Å²) in [6.45, 7) is 2.10. The summed E-state index contributed by atoms with van der Waals surface area (Å²) in [5, 5.41) is 0. The number of rotatable bonds is 0. The quantitative estimate of drug-likeness (QED) is 0.491. The fourth-order valence-electron chi connectivity index (χ4n) is 0.907. The van der Waals surface area contributed by atoms with Crippen LogP contribution < -0.4 is 10.9 Å². The Kier molecular flexibility index (Phi) is 2.92. The third-order valence-electron chi connectivity index (χ3n) is 1.42. The van der Waals surface area contributed by atoms with Crippen LogP contribution >= 0.6 is 0 Å². The average Bonchev–Trinajstić information content (AvgIpc) is 1.62. The van der Waals surface area contributed by atoms with E-state index in [4.69, 9.17) is 0 Å². The van der Waals surface area contributed by atoms with Gasteiger partial charge in [0.1, 0.15) is 0 Å². The lowest BCUT2D eigenvalue weighted by Gasteiger charge is -2.07. The van der Waals surface area contributed by atoms with Gasteiger partial charge in [-0.3, -0.25) is 0 Å². The van der Waals surface area contributed by atoms with Crippen molar-refractivity contribution in [2.75, 3.05) is 13.1 Å². The molecule has 0 spiro atoms. The van der Waals surface area contributed by atoms with E-state index in [1.807, 2.05) is 0 Å². The molecule has 0 unspecified atom stereocenters. The third-order valence-corrected chi connectivity index (χ3v) is 1.42. The van der Waals surface area contributed by atoms with Gasteiger partial charge < -0.3 is 0 Å². The average molecular weight is 113 g/mol. The topological polar surface area (TPSA) is 26.1 Å². The third kappa shape index (κ3) is 2.28. The van der Waals surface area contributed by atoms with Crippen LogP contribution in [0.25, 0.3) is 0 Å². The lowest BCUT2D eigenvalue weighted by Crippen LogP contribution is -2.27. The van der Waals surface area contributed by atoms with Crippen molar-refractivity contribution < 1.29 is 0 Å². The first-order valence-corrected chi connectivity index (χ1v) is 3.39. The Morgan fingerprint density at radius 1 is 1.00 bits per heavy atom. The number of hydrogen-bond donors (Lipinski definition) is 1. The van der Waals surface area contributed by atoms with Gasteiger partial charge in [0.2, 0.25) is 0 Å². The van der Waals surface area contributed by atoms with Crippen LogP contribution in [0.15, 0.2) is 0 Å². The minimum absolute atomic E-state index is 1.01. The van der Waals surface area contributed by atoms with Gasteiger partial charge in [-0.2, -0.15) is 5.43 Å². The van der Waals surface area contributed by atoms with Gasteiger partial charge in [0, 0.05) is 13.1 Å². The van der Waals surface area contributed by atoms with Crippen molar-refractivity contribution in [1.82, 2.24) is 10.9 Å². The summed E-state index contributed by atoms with van der Waals surface area (Å²) < 4.78 is 0. The predicted molar refractivity (Wildman–Crippen MR) is 33.5 cm³/mol. The molecule has 8 heavy (non-hydrogen) atoms. The van der Waals surface area contributed by atoms with Crippen molar-refractivity contribution in [2.45, 2.75) is 25.7 Å². The fraction of sp³-hybridized carbons (Fsp3) is 1.00. The molecule has 2 heteroatoms. The Balaban J connectivity index is 2.00.